The molecular weight excluding hydrogens is 233 g/mol. The third-order valence-corrected chi connectivity index (χ3v) is 2.11. The molecule has 0 fully saturated rings. The van der Waals surface area contributed by atoms with Crippen molar-refractivity contribution in [1.29, 1.82) is 0 Å². The minimum Gasteiger partial charge on any atom is -0.435 e. The lowest BCUT2D eigenvalue weighted by atomic mass is 10.1. The maximum Gasteiger partial charge on any atom is 0.416 e. The Morgan fingerprint density at radius 3 is 2.35 bits per heavy atom. The molecule has 17 heavy (non-hydrogen) atoms. The van der Waals surface area contributed by atoms with E-state index in [4.69, 9.17) is 0 Å². The summed E-state index contributed by atoms with van der Waals surface area (Å²) in [7, 11) is 0. The van der Waals surface area contributed by atoms with Crippen molar-refractivity contribution in [2.24, 2.45) is 0 Å². The summed E-state index contributed by atoms with van der Waals surface area (Å²) >= 11 is 0. The van der Waals surface area contributed by atoms with Gasteiger partial charge in [0.25, 0.3) is 0 Å². The van der Waals surface area contributed by atoms with Crippen molar-refractivity contribution in [2.75, 3.05) is 0 Å². The third-order valence-electron chi connectivity index (χ3n) is 2.11. The van der Waals surface area contributed by atoms with Crippen LogP contribution in [0.3, 0.4) is 0 Å². The van der Waals surface area contributed by atoms with Gasteiger partial charge in [-0.1, -0.05) is 18.7 Å². The van der Waals surface area contributed by atoms with Crippen LogP contribution in [0.1, 0.15) is 17.5 Å². The average molecular weight is 244 g/mol. The zero-order chi connectivity index (χ0) is 12.9. The van der Waals surface area contributed by atoms with E-state index in [1.807, 2.05) is 0 Å². The number of carbonyl (C=O) groups excluding carboxylic acids is 1. The lowest BCUT2D eigenvalue weighted by Crippen LogP contribution is -2.05. The molecule has 1 aromatic rings. The van der Waals surface area contributed by atoms with Gasteiger partial charge < -0.3 is 4.74 Å². The molecule has 0 amide bonds. The molecule has 92 valence electrons. The molecule has 0 saturated heterocycles. The number of benzene rings is 1. The molecule has 0 unspecified atom stereocenters. The van der Waals surface area contributed by atoms with Gasteiger partial charge in [-0.25, -0.2) is 0 Å². The number of aryl methyl sites for hydroxylation is 1. The minimum absolute atomic E-state index is 0.109. The van der Waals surface area contributed by atoms with E-state index in [1.165, 1.54) is 12.1 Å². The summed E-state index contributed by atoms with van der Waals surface area (Å²) in [5, 5.41) is 0. The summed E-state index contributed by atoms with van der Waals surface area (Å²) in [6.07, 6.45) is -2.86. The number of hydrogen-bond donors (Lipinski definition) is 0. The summed E-state index contributed by atoms with van der Waals surface area (Å²) in [5.41, 5.74) is -0.0473. The van der Waals surface area contributed by atoms with E-state index < -0.39 is 17.7 Å². The highest BCUT2D eigenvalue weighted by Gasteiger charge is 2.29. The number of esters is 1. The van der Waals surface area contributed by atoms with Gasteiger partial charge in [0.2, 0.25) is 0 Å². The second-order valence-electron chi connectivity index (χ2n) is 3.35. The molecule has 0 saturated carbocycles. The quantitative estimate of drug-likeness (QED) is 0.600. The topological polar surface area (TPSA) is 26.3 Å². The molecule has 0 N–H and O–H groups in total. The Morgan fingerprint density at radius 2 is 1.88 bits per heavy atom. The largest absolute Gasteiger partial charge is 0.435 e. The van der Waals surface area contributed by atoms with Crippen LogP contribution in [0.25, 0.3) is 0 Å². The lowest BCUT2D eigenvalue weighted by Gasteiger charge is -2.07. The summed E-state index contributed by atoms with van der Waals surface area (Å²) in [5.74, 6) is -0.458. The number of ether oxygens (including phenoxy) is 1. The van der Waals surface area contributed by atoms with Crippen LogP contribution >= 0.6 is 0 Å². The maximum atomic E-state index is 12.2. The fourth-order valence-corrected chi connectivity index (χ4v) is 1.26. The normalized spacial score (nSPS) is 11.0. The second-order valence-corrected chi connectivity index (χ2v) is 3.35. The van der Waals surface area contributed by atoms with Crippen molar-refractivity contribution in [3.8, 4) is 0 Å². The van der Waals surface area contributed by atoms with Crippen LogP contribution in [0.15, 0.2) is 37.1 Å². The van der Waals surface area contributed by atoms with Gasteiger partial charge in [0.1, 0.15) is 0 Å². The Morgan fingerprint density at radius 1 is 1.29 bits per heavy atom. The van der Waals surface area contributed by atoms with E-state index in [-0.39, 0.29) is 6.42 Å². The van der Waals surface area contributed by atoms with Crippen molar-refractivity contribution in [1.82, 2.24) is 0 Å². The molecule has 0 bridgehead atoms. The van der Waals surface area contributed by atoms with Gasteiger partial charge in [0.05, 0.1) is 11.8 Å². The Labute approximate surface area is 96.7 Å². The summed E-state index contributed by atoms with van der Waals surface area (Å²) < 4.78 is 41.2. The molecule has 2 nitrogen and oxygen atoms in total. The maximum absolute atomic E-state index is 12.2. The zero-order valence-electron chi connectivity index (χ0n) is 8.96. The first-order valence-corrected chi connectivity index (χ1v) is 4.90. The zero-order valence-corrected chi connectivity index (χ0v) is 8.96. The second kappa shape index (κ2) is 5.52. The van der Waals surface area contributed by atoms with E-state index in [9.17, 15) is 18.0 Å². The van der Waals surface area contributed by atoms with Gasteiger partial charge >= 0.3 is 12.1 Å². The Balaban J connectivity index is 2.57. The summed E-state index contributed by atoms with van der Waals surface area (Å²) in [6.45, 7) is 3.23. The van der Waals surface area contributed by atoms with Crippen LogP contribution in [0, 0.1) is 0 Å². The van der Waals surface area contributed by atoms with Crippen molar-refractivity contribution in [3.63, 3.8) is 0 Å². The number of hydrogen-bond acceptors (Lipinski definition) is 2. The van der Waals surface area contributed by atoms with E-state index in [1.54, 1.807) is 0 Å². The Kier molecular flexibility index (Phi) is 4.31. The molecule has 0 aliphatic rings. The molecule has 1 aromatic carbocycles. The first-order chi connectivity index (χ1) is 7.93. The average Bonchev–Trinajstić information content (AvgIpc) is 2.26. The number of rotatable bonds is 4. The van der Waals surface area contributed by atoms with Gasteiger partial charge in [-0.15, -0.1) is 0 Å². The predicted octanol–water partition coefficient (Wildman–Crippen LogP) is 3.32. The highest BCUT2D eigenvalue weighted by atomic mass is 19.4. The SMILES string of the molecule is C=COC(=O)CCc1ccc(C(F)(F)F)cc1. The van der Waals surface area contributed by atoms with Crippen LogP contribution in [0.5, 0.6) is 0 Å². The van der Waals surface area contributed by atoms with Gasteiger partial charge in [-0.05, 0) is 24.1 Å². The molecular formula is C12H11F3O2. The molecule has 0 aromatic heterocycles. The fraction of sp³-hybridized carbons (Fsp3) is 0.250. The van der Waals surface area contributed by atoms with Crippen molar-refractivity contribution < 1.29 is 22.7 Å². The van der Waals surface area contributed by atoms with E-state index >= 15 is 0 Å². The molecule has 0 aliphatic heterocycles. The summed E-state index contributed by atoms with van der Waals surface area (Å²) in [6, 6.07) is 4.69. The van der Waals surface area contributed by atoms with E-state index in [0.717, 1.165) is 18.4 Å². The first-order valence-electron chi connectivity index (χ1n) is 4.90. The molecule has 1 rings (SSSR count). The van der Waals surface area contributed by atoms with Crippen molar-refractivity contribution in [2.45, 2.75) is 19.0 Å². The first kappa shape index (κ1) is 13.3. The van der Waals surface area contributed by atoms with Gasteiger partial charge in [-0.2, -0.15) is 13.2 Å². The van der Waals surface area contributed by atoms with Gasteiger partial charge in [0.15, 0.2) is 0 Å². The van der Waals surface area contributed by atoms with Crippen LogP contribution in [0.4, 0.5) is 13.2 Å². The van der Waals surface area contributed by atoms with Crippen LogP contribution < -0.4 is 0 Å². The molecule has 0 aliphatic carbocycles. The van der Waals surface area contributed by atoms with Crippen LogP contribution in [-0.2, 0) is 22.1 Å². The molecule has 0 heterocycles. The number of carbonyl (C=O) groups is 1. The number of alkyl halides is 3. The van der Waals surface area contributed by atoms with Crippen LogP contribution in [-0.4, -0.2) is 5.97 Å². The van der Waals surface area contributed by atoms with Crippen molar-refractivity contribution in [3.05, 3.63) is 48.2 Å². The lowest BCUT2D eigenvalue weighted by molar-refractivity contribution is -0.138. The van der Waals surface area contributed by atoms with E-state index in [2.05, 4.69) is 11.3 Å². The molecule has 0 radical (unpaired) electrons. The smallest absolute Gasteiger partial charge is 0.416 e. The van der Waals surface area contributed by atoms with Crippen molar-refractivity contribution >= 4 is 5.97 Å². The highest BCUT2D eigenvalue weighted by Crippen LogP contribution is 2.29. The highest BCUT2D eigenvalue weighted by molar-refractivity contribution is 5.70. The monoisotopic (exact) mass is 244 g/mol. The van der Waals surface area contributed by atoms with E-state index in [0.29, 0.717) is 12.0 Å². The van der Waals surface area contributed by atoms with Crippen LogP contribution in [0.2, 0.25) is 0 Å². The number of halogens is 3. The third kappa shape index (κ3) is 4.30. The Bertz CT molecular complexity index is 393. The molecule has 0 spiro atoms. The standard InChI is InChI=1S/C12H11F3O2/c1-2-17-11(16)8-5-9-3-6-10(7-4-9)12(13,14)15/h2-4,6-7H,1,5,8H2. The van der Waals surface area contributed by atoms with Gasteiger partial charge in [0, 0.05) is 6.42 Å². The molecule has 0 atom stereocenters. The van der Waals surface area contributed by atoms with Gasteiger partial charge in [-0.3, -0.25) is 4.79 Å². The predicted molar refractivity (Wildman–Crippen MR) is 56.1 cm³/mol. The Hall–Kier alpha value is -1.78. The fourth-order valence-electron chi connectivity index (χ4n) is 1.26. The molecule has 5 heteroatoms. The summed E-state index contributed by atoms with van der Waals surface area (Å²) in [4.78, 5) is 11.0. The minimum atomic E-state index is -4.33.